The van der Waals surface area contributed by atoms with Gasteiger partial charge in [-0.15, -0.1) is 0 Å². The lowest BCUT2D eigenvalue weighted by Crippen LogP contribution is -2.16. The normalized spacial score (nSPS) is 12.8. The predicted molar refractivity (Wildman–Crippen MR) is 80.3 cm³/mol. The van der Waals surface area contributed by atoms with E-state index in [1.807, 2.05) is 49.1 Å². The molecule has 2 aromatic heterocycles. The third-order valence-electron chi connectivity index (χ3n) is 3.61. The highest BCUT2D eigenvalue weighted by Crippen LogP contribution is 2.23. The predicted octanol–water partition coefficient (Wildman–Crippen LogP) is 2.52. The summed E-state index contributed by atoms with van der Waals surface area (Å²) in [5.41, 5.74) is 10.7. The van der Waals surface area contributed by atoms with Gasteiger partial charge in [0.05, 0.1) is 11.2 Å². The Bertz CT molecular complexity index is 740. The largest absolute Gasteiger partial charge is 0.324 e. The van der Waals surface area contributed by atoms with Crippen LogP contribution in [0.2, 0.25) is 0 Å². The highest BCUT2D eigenvalue weighted by Gasteiger charge is 2.13. The van der Waals surface area contributed by atoms with E-state index >= 15 is 0 Å². The van der Waals surface area contributed by atoms with Crippen LogP contribution in [0.3, 0.4) is 0 Å². The lowest BCUT2D eigenvalue weighted by molar-refractivity contribution is 0.642. The van der Waals surface area contributed by atoms with Crippen LogP contribution >= 0.6 is 0 Å². The molecule has 0 spiro atoms. The molecule has 2 heterocycles. The Morgan fingerprint density at radius 2 is 2.05 bits per heavy atom. The zero-order valence-corrected chi connectivity index (χ0v) is 11.7. The first-order valence-corrected chi connectivity index (χ1v) is 6.74. The molecule has 1 atom stereocenters. The molecular weight excluding hydrogens is 248 g/mol. The molecule has 4 nitrogen and oxygen atoms in total. The summed E-state index contributed by atoms with van der Waals surface area (Å²) < 4.78 is 1.90. The first kappa shape index (κ1) is 12.8. The van der Waals surface area contributed by atoms with Gasteiger partial charge in [-0.2, -0.15) is 5.10 Å². The minimum Gasteiger partial charge on any atom is -0.324 e. The fourth-order valence-electron chi connectivity index (χ4n) is 2.63. The van der Waals surface area contributed by atoms with Gasteiger partial charge in [-0.3, -0.25) is 9.67 Å². The van der Waals surface area contributed by atoms with E-state index in [1.54, 1.807) is 0 Å². The van der Waals surface area contributed by atoms with Crippen LogP contribution in [0, 0.1) is 6.92 Å². The van der Waals surface area contributed by atoms with Gasteiger partial charge < -0.3 is 5.73 Å². The number of aryl methyl sites for hydroxylation is 2. The summed E-state index contributed by atoms with van der Waals surface area (Å²) in [6, 6.07) is 12.1. The van der Waals surface area contributed by atoms with Gasteiger partial charge in [0.15, 0.2) is 0 Å². The Hall–Kier alpha value is -2.20. The maximum absolute atomic E-state index is 6.40. The van der Waals surface area contributed by atoms with Crippen LogP contribution in [0.15, 0.2) is 42.6 Å². The number of hydrogen-bond acceptors (Lipinski definition) is 3. The van der Waals surface area contributed by atoms with E-state index in [0.29, 0.717) is 0 Å². The highest BCUT2D eigenvalue weighted by molar-refractivity contribution is 5.82. The van der Waals surface area contributed by atoms with E-state index in [0.717, 1.165) is 34.3 Å². The number of aromatic nitrogens is 3. The van der Waals surface area contributed by atoms with Crippen molar-refractivity contribution >= 4 is 10.9 Å². The van der Waals surface area contributed by atoms with Crippen molar-refractivity contribution in [3.63, 3.8) is 0 Å². The van der Waals surface area contributed by atoms with Crippen LogP contribution in [0.4, 0.5) is 0 Å². The molecule has 0 aliphatic rings. The SMILES string of the molecule is Cc1cc(CC(N)c2ccnc3ccccc23)n(C)n1. The Morgan fingerprint density at radius 1 is 1.25 bits per heavy atom. The van der Waals surface area contributed by atoms with Crippen LogP contribution in [0.5, 0.6) is 0 Å². The van der Waals surface area contributed by atoms with Crippen molar-refractivity contribution in [3.8, 4) is 0 Å². The molecule has 0 fully saturated rings. The second-order valence-corrected chi connectivity index (χ2v) is 5.13. The van der Waals surface area contributed by atoms with E-state index in [-0.39, 0.29) is 6.04 Å². The second kappa shape index (κ2) is 5.06. The average molecular weight is 266 g/mol. The molecule has 4 heteroatoms. The van der Waals surface area contributed by atoms with Crippen LogP contribution < -0.4 is 5.73 Å². The number of rotatable bonds is 3. The molecule has 3 rings (SSSR count). The molecule has 0 aliphatic carbocycles. The number of pyridine rings is 1. The van der Waals surface area contributed by atoms with Crippen LogP contribution in [0.1, 0.15) is 23.0 Å². The molecule has 2 N–H and O–H groups in total. The summed E-state index contributed by atoms with van der Waals surface area (Å²) in [7, 11) is 1.96. The zero-order valence-electron chi connectivity index (χ0n) is 11.7. The van der Waals surface area contributed by atoms with Gasteiger partial charge in [0.25, 0.3) is 0 Å². The molecule has 0 saturated carbocycles. The topological polar surface area (TPSA) is 56.7 Å². The number of nitrogens with zero attached hydrogens (tertiary/aromatic N) is 3. The maximum atomic E-state index is 6.40. The number of fused-ring (bicyclic) bond motifs is 1. The van der Waals surface area contributed by atoms with Gasteiger partial charge >= 0.3 is 0 Å². The summed E-state index contributed by atoms with van der Waals surface area (Å²) in [5.74, 6) is 0. The van der Waals surface area contributed by atoms with E-state index in [2.05, 4.69) is 22.2 Å². The molecule has 1 unspecified atom stereocenters. The minimum atomic E-state index is -0.0577. The van der Waals surface area contributed by atoms with E-state index in [9.17, 15) is 0 Å². The Labute approximate surface area is 118 Å². The van der Waals surface area contributed by atoms with E-state index < -0.39 is 0 Å². The molecule has 0 amide bonds. The van der Waals surface area contributed by atoms with Gasteiger partial charge in [-0.1, -0.05) is 18.2 Å². The third kappa shape index (κ3) is 2.30. The Kier molecular flexibility index (Phi) is 3.24. The molecular formula is C16H18N4. The van der Waals surface area contributed by atoms with Crippen molar-refractivity contribution < 1.29 is 0 Å². The summed E-state index contributed by atoms with van der Waals surface area (Å²) in [5, 5.41) is 5.50. The number of para-hydroxylation sites is 1. The Balaban J connectivity index is 1.96. The zero-order chi connectivity index (χ0) is 14.1. The summed E-state index contributed by atoms with van der Waals surface area (Å²) in [6.45, 7) is 2.00. The molecule has 0 saturated heterocycles. The third-order valence-corrected chi connectivity index (χ3v) is 3.61. The van der Waals surface area contributed by atoms with Crippen LogP contribution in [-0.4, -0.2) is 14.8 Å². The van der Waals surface area contributed by atoms with Crippen molar-refractivity contribution in [2.24, 2.45) is 12.8 Å². The molecule has 0 aliphatic heterocycles. The fraction of sp³-hybridized carbons (Fsp3) is 0.250. The summed E-state index contributed by atoms with van der Waals surface area (Å²) in [4.78, 5) is 4.38. The van der Waals surface area contributed by atoms with Gasteiger partial charge in [-0.25, -0.2) is 0 Å². The molecule has 102 valence electrons. The maximum Gasteiger partial charge on any atom is 0.0705 e. The van der Waals surface area contributed by atoms with Crippen molar-refractivity contribution in [1.29, 1.82) is 0 Å². The quantitative estimate of drug-likeness (QED) is 0.792. The van der Waals surface area contributed by atoms with Crippen molar-refractivity contribution in [2.45, 2.75) is 19.4 Å². The highest BCUT2D eigenvalue weighted by atomic mass is 15.3. The monoisotopic (exact) mass is 266 g/mol. The van der Waals surface area contributed by atoms with E-state index in [4.69, 9.17) is 5.73 Å². The lowest BCUT2D eigenvalue weighted by Gasteiger charge is -2.14. The summed E-state index contributed by atoms with van der Waals surface area (Å²) in [6.07, 6.45) is 2.59. The van der Waals surface area contributed by atoms with Gasteiger partial charge in [-0.05, 0) is 30.7 Å². The van der Waals surface area contributed by atoms with Crippen LogP contribution in [0.25, 0.3) is 10.9 Å². The van der Waals surface area contributed by atoms with Gasteiger partial charge in [0, 0.05) is 36.8 Å². The Morgan fingerprint density at radius 3 is 2.80 bits per heavy atom. The average Bonchev–Trinajstić information content (AvgIpc) is 2.76. The molecule has 0 bridgehead atoms. The number of benzene rings is 1. The van der Waals surface area contributed by atoms with E-state index in [1.165, 1.54) is 0 Å². The molecule has 0 radical (unpaired) electrons. The van der Waals surface area contributed by atoms with Gasteiger partial charge in [0.2, 0.25) is 0 Å². The van der Waals surface area contributed by atoms with Crippen molar-refractivity contribution in [3.05, 3.63) is 59.5 Å². The summed E-state index contributed by atoms with van der Waals surface area (Å²) >= 11 is 0. The fourth-order valence-corrected chi connectivity index (χ4v) is 2.63. The standard InChI is InChI=1S/C16H18N4/c1-11-9-12(20(2)19-11)10-15(17)13-7-8-18-16-6-4-3-5-14(13)16/h3-9,15H,10,17H2,1-2H3. The molecule has 20 heavy (non-hydrogen) atoms. The lowest BCUT2D eigenvalue weighted by atomic mass is 9.99. The van der Waals surface area contributed by atoms with Crippen LogP contribution in [-0.2, 0) is 13.5 Å². The smallest absolute Gasteiger partial charge is 0.0705 e. The first-order chi connectivity index (χ1) is 9.65. The minimum absolute atomic E-state index is 0.0577. The van der Waals surface area contributed by atoms with Gasteiger partial charge in [0.1, 0.15) is 0 Å². The molecule has 3 aromatic rings. The molecule has 1 aromatic carbocycles. The second-order valence-electron chi connectivity index (χ2n) is 5.13. The van der Waals surface area contributed by atoms with Crippen molar-refractivity contribution in [1.82, 2.24) is 14.8 Å². The first-order valence-electron chi connectivity index (χ1n) is 6.74. The van der Waals surface area contributed by atoms with Crippen molar-refractivity contribution in [2.75, 3.05) is 0 Å². The number of hydrogen-bond donors (Lipinski definition) is 1. The number of nitrogens with two attached hydrogens (primary N) is 1.